The number of hydrogen-bond acceptors (Lipinski definition) is 5. The Hall–Kier alpha value is -2.57. The van der Waals surface area contributed by atoms with E-state index in [1.54, 1.807) is 23.8 Å². The largest absolute Gasteiger partial charge is 0.497 e. The molecular weight excluding hydrogens is 408 g/mol. The van der Waals surface area contributed by atoms with Gasteiger partial charge in [-0.3, -0.25) is 9.69 Å². The molecular formula is C25H28N2O3S. The van der Waals surface area contributed by atoms with Crippen molar-refractivity contribution in [3.8, 4) is 5.75 Å². The lowest BCUT2D eigenvalue weighted by Crippen LogP contribution is -2.32. The number of carbonyl (C=O) groups excluding carboxylic acids is 1. The van der Waals surface area contributed by atoms with Gasteiger partial charge in [-0.05, 0) is 80.1 Å². The van der Waals surface area contributed by atoms with Crippen LogP contribution in [0, 0.1) is 13.8 Å². The molecule has 0 spiro atoms. The minimum Gasteiger partial charge on any atom is -0.497 e. The van der Waals surface area contributed by atoms with Crippen molar-refractivity contribution in [3.05, 3.63) is 64.9 Å². The fraction of sp³-hybridized carbons (Fsp3) is 0.360. The molecule has 2 aromatic rings. The predicted molar refractivity (Wildman–Crippen MR) is 128 cm³/mol. The van der Waals surface area contributed by atoms with Crippen LogP contribution in [-0.4, -0.2) is 36.6 Å². The molecule has 4 rings (SSSR count). The van der Waals surface area contributed by atoms with Crippen LogP contribution in [0.3, 0.4) is 0 Å². The quantitative estimate of drug-likeness (QED) is 0.592. The highest BCUT2D eigenvalue weighted by molar-refractivity contribution is 8.14. The molecule has 2 aromatic carbocycles. The van der Waals surface area contributed by atoms with Crippen LogP contribution in [0.1, 0.15) is 36.0 Å². The van der Waals surface area contributed by atoms with Crippen molar-refractivity contribution in [1.82, 2.24) is 0 Å². The molecule has 31 heavy (non-hydrogen) atoms. The average Bonchev–Trinajstić information content (AvgIpc) is 3.08. The maximum Gasteiger partial charge on any atom is 0.283 e. The van der Waals surface area contributed by atoms with Crippen molar-refractivity contribution in [2.75, 3.05) is 24.4 Å². The molecule has 1 unspecified atom stereocenters. The van der Waals surface area contributed by atoms with Crippen LogP contribution < -0.4 is 9.64 Å². The van der Waals surface area contributed by atoms with Gasteiger partial charge in [0.1, 0.15) is 11.4 Å². The van der Waals surface area contributed by atoms with E-state index in [9.17, 15) is 4.79 Å². The molecule has 0 aromatic heterocycles. The maximum atomic E-state index is 13.4. The lowest BCUT2D eigenvalue weighted by atomic mass is 10.1. The Labute approximate surface area is 188 Å². The van der Waals surface area contributed by atoms with Gasteiger partial charge in [-0.2, -0.15) is 0 Å². The minimum atomic E-state index is -0.104. The highest BCUT2D eigenvalue weighted by Crippen LogP contribution is 2.32. The van der Waals surface area contributed by atoms with Gasteiger partial charge in [0.2, 0.25) is 0 Å². The molecule has 1 saturated heterocycles. The second kappa shape index (κ2) is 9.71. The normalized spacial score (nSPS) is 20.3. The number of ether oxygens (including phenoxy) is 2. The Balaban J connectivity index is 1.63. The molecule has 2 heterocycles. The van der Waals surface area contributed by atoms with Crippen molar-refractivity contribution in [2.45, 2.75) is 39.2 Å². The van der Waals surface area contributed by atoms with E-state index in [1.165, 1.54) is 6.42 Å². The van der Waals surface area contributed by atoms with Gasteiger partial charge in [0.15, 0.2) is 5.17 Å². The molecule has 6 heteroatoms. The lowest BCUT2D eigenvalue weighted by molar-refractivity contribution is -0.113. The van der Waals surface area contributed by atoms with Crippen molar-refractivity contribution in [1.29, 1.82) is 0 Å². The summed E-state index contributed by atoms with van der Waals surface area (Å²) < 4.78 is 11.1. The summed E-state index contributed by atoms with van der Waals surface area (Å²) in [4.78, 5) is 19.9. The summed E-state index contributed by atoms with van der Waals surface area (Å²) in [5.74, 6) is 1.47. The van der Waals surface area contributed by atoms with E-state index in [2.05, 4.69) is 6.07 Å². The maximum absolute atomic E-state index is 13.4. The monoisotopic (exact) mass is 436 g/mol. The second-order valence-electron chi connectivity index (χ2n) is 7.98. The van der Waals surface area contributed by atoms with Gasteiger partial charge in [0.05, 0.1) is 18.9 Å². The molecule has 0 N–H and O–H groups in total. The Morgan fingerprint density at radius 2 is 1.90 bits per heavy atom. The Bertz CT molecular complexity index is 988. The van der Waals surface area contributed by atoms with E-state index >= 15 is 0 Å². The third-order valence-corrected chi connectivity index (χ3v) is 6.46. The number of rotatable bonds is 5. The predicted octanol–water partition coefficient (Wildman–Crippen LogP) is 5.36. The SMILES string of the molecule is COc1ccc(/C=C2\N=C(SCC3CCCCO3)N(c3cc(C)cc(C)c3)C2=O)cc1. The summed E-state index contributed by atoms with van der Waals surface area (Å²) in [6.07, 6.45) is 5.44. The molecule has 1 amide bonds. The number of carbonyl (C=O) groups is 1. The van der Waals surface area contributed by atoms with Gasteiger partial charge < -0.3 is 9.47 Å². The number of nitrogens with zero attached hydrogens (tertiary/aromatic N) is 2. The Kier molecular flexibility index (Phi) is 6.78. The van der Waals surface area contributed by atoms with Gasteiger partial charge >= 0.3 is 0 Å². The van der Waals surface area contributed by atoms with E-state index in [0.29, 0.717) is 10.9 Å². The van der Waals surface area contributed by atoms with Gasteiger partial charge in [-0.1, -0.05) is 30.0 Å². The summed E-state index contributed by atoms with van der Waals surface area (Å²) in [6, 6.07) is 13.8. The van der Waals surface area contributed by atoms with Crippen molar-refractivity contribution in [3.63, 3.8) is 0 Å². The van der Waals surface area contributed by atoms with Crippen LogP contribution >= 0.6 is 11.8 Å². The van der Waals surface area contributed by atoms with Crippen LogP contribution in [-0.2, 0) is 9.53 Å². The van der Waals surface area contributed by atoms with E-state index < -0.39 is 0 Å². The molecule has 0 radical (unpaired) electrons. The first-order chi connectivity index (χ1) is 15.0. The molecule has 0 saturated carbocycles. The second-order valence-corrected chi connectivity index (χ2v) is 8.97. The summed E-state index contributed by atoms with van der Waals surface area (Å²) >= 11 is 1.60. The van der Waals surface area contributed by atoms with Crippen LogP contribution in [0.15, 0.2) is 53.2 Å². The summed E-state index contributed by atoms with van der Waals surface area (Å²) in [7, 11) is 1.64. The standard InChI is InChI=1S/C25H28N2O3S/c1-17-12-18(2)14-20(13-17)27-24(28)23(15-19-7-9-21(29-3)10-8-19)26-25(27)31-16-22-6-4-5-11-30-22/h7-10,12-15,22H,4-6,11,16H2,1-3H3/b23-15-. The zero-order valence-electron chi connectivity index (χ0n) is 18.3. The zero-order chi connectivity index (χ0) is 21.8. The Morgan fingerprint density at radius 1 is 1.16 bits per heavy atom. The number of amidine groups is 1. The molecule has 5 nitrogen and oxygen atoms in total. The lowest BCUT2D eigenvalue weighted by Gasteiger charge is -2.24. The topological polar surface area (TPSA) is 51.1 Å². The molecule has 0 bridgehead atoms. The zero-order valence-corrected chi connectivity index (χ0v) is 19.1. The first kappa shape index (κ1) is 21.7. The first-order valence-corrected chi connectivity index (χ1v) is 11.6. The highest BCUT2D eigenvalue weighted by atomic mass is 32.2. The number of benzene rings is 2. The van der Waals surface area contributed by atoms with E-state index in [1.807, 2.05) is 56.3 Å². The third kappa shape index (κ3) is 5.20. The molecule has 1 atom stereocenters. The smallest absolute Gasteiger partial charge is 0.283 e. The van der Waals surface area contributed by atoms with Crippen LogP contribution in [0.4, 0.5) is 5.69 Å². The summed E-state index contributed by atoms with van der Waals surface area (Å²) in [5.41, 5.74) is 4.45. The van der Waals surface area contributed by atoms with Gasteiger partial charge in [0, 0.05) is 12.4 Å². The van der Waals surface area contributed by atoms with Gasteiger partial charge in [-0.25, -0.2) is 4.99 Å². The number of methoxy groups -OCH3 is 1. The molecule has 1 fully saturated rings. The van der Waals surface area contributed by atoms with Crippen LogP contribution in [0.25, 0.3) is 6.08 Å². The number of amides is 1. The summed E-state index contributed by atoms with van der Waals surface area (Å²) in [5, 5.41) is 0.712. The van der Waals surface area contributed by atoms with E-state index in [4.69, 9.17) is 14.5 Å². The minimum absolute atomic E-state index is 0.104. The Morgan fingerprint density at radius 3 is 2.55 bits per heavy atom. The van der Waals surface area contributed by atoms with Crippen molar-refractivity contribution in [2.24, 2.45) is 4.99 Å². The van der Waals surface area contributed by atoms with E-state index in [0.717, 1.165) is 53.3 Å². The highest BCUT2D eigenvalue weighted by Gasteiger charge is 2.33. The first-order valence-electron chi connectivity index (χ1n) is 10.6. The number of hydrogen-bond donors (Lipinski definition) is 0. The number of anilines is 1. The molecule has 2 aliphatic rings. The van der Waals surface area contributed by atoms with Gasteiger partial charge in [-0.15, -0.1) is 0 Å². The van der Waals surface area contributed by atoms with Crippen molar-refractivity contribution < 1.29 is 14.3 Å². The van der Waals surface area contributed by atoms with Crippen LogP contribution in [0.2, 0.25) is 0 Å². The average molecular weight is 437 g/mol. The fourth-order valence-electron chi connectivity index (χ4n) is 3.86. The van der Waals surface area contributed by atoms with Gasteiger partial charge in [0.25, 0.3) is 5.91 Å². The molecule has 0 aliphatic carbocycles. The number of thioether (sulfide) groups is 1. The number of aryl methyl sites for hydroxylation is 2. The third-order valence-electron chi connectivity index (χ3n) is 5.39. The number of aliphatic imine (C=N–C) groups is 1. The van der Waals surface area contributed by atoms with E-state index in [-0.39, 0.29) is 12.0 Å². The van der Waals surface area contributed by atoms with Crippen LogP contribution in [0.5, 0.6) is 5.75 Å². The van der Waals surface area contributed by atoms with Crippen molar-refractivity contribution >= 4 is 34.6 Å². The molecule has 162 valence electrons. The fourth-order valence-corrected chi connectivity index (χ4v) is 4.94. The summed E-state index contributed by atoms with van der Waals surface area (Å²) in [6.45, 7) is 4.91. The molecule has 2 aliphatic heterocycles.